The highest BCUT2D eigenvalue weighted by atomic mass is 19.1. The fourth-order valence-electron chi connectivity index (χ4n) is 3.27. The van der Waals surface area contributed by atoms with Crippen molar-refractivity contribution in [2.75, 3.05) is 26.7 Å². The van der Waals surface area contributed by atoms with Crippen molar-refractivity contribution < 1.29 is 13.9 Å². The standard InChI is InChI=1S/C20H22FNO2/c1-24-19-10-9-16(13-18(19)21)20(23)17(14-22-11-5-6-12-22)15-7-3-2-4-8-15/h2-4,7-10,13,17H,5-6,11-12,14H2,1H3/t17-/m0/s1. The number of carbonyl (C=O) groups is 1. The van der Waals surface area contributed by atoms with Gasteiger partial charge < -0.3 is 9.64 Å². The van der Waals surface area contributed by atoms with Crippen molar-refractivity contribution in [3.05, 3.63) is 65.5 Å². The largest absolute Gasteiger partial charge is 0.494 e. The van der Waals surface area contributed by atoms with Crippen molar-refractivity contribution in [1.29, 1.82) is 0 Å². The third kappa shape index (κ3) is 3.65. The molecule has 0 saturated carbocycles. The maximum Gasteiger partial charge on any atom is 0.171 e. The number of benzene rings is 2. The van der Waals surface area contributed by atoms with Gasteiger partial charge in [-0.1, -0.05) is 30.3 Å². The number of rotatable bonds is 6. The lowest BCUT2D eigenvalue weighted by molar-refractivity contribution is 0.0939. The van der Waals surface area contributed by atoms with Crippen LogP contribution in [-0.4, -0.2) is 37.4 Å². The molecule has 1 saturated heterocycles. The van der Waals surface area contributed by atoms with E-state index in [0.717, 1.165) is 18.7 Å². The van der Waals surface area contributed by atoms with Crippen LogP contribution in [0.25, 0.3) is 0 Å². The first-order valence-corrected chi connectivity index (χ1v) is 8.34. The summed E-state index contributed by atoms with van der Waals surface area (Å²) in [5.41, 5.74) is 1.37. The van der Waals surface area contributed by atoms with Crippen molar-refractivity contribution in [2.24, 2.45) is 0 Å². The van der Waals surface area contributed by atoms with E-state index in [1.807, 2.05) is 30.3 Å². The summed E-state index contributed by atoms with van der Waals surface area (Å²) in [5.74, 6) is -0.676. The Balaban J connectivity index is 1.89. The molecular formula is C20H22FNO2. The minimum Gasteiger partial charge on any atom is -0.494 e. The van der Waals surface area contributed by atoms with Gasteiger partial charge in [-0.25, -0.2) is 4.39 Å². The van der Waals surface area contributed by atoms with Crippen LogP contribution in [0.4, 0.5) is 4.39 Å². The Bertz CT molecular complexity index is 696. The highest BCUT2D eigenvalue weighted by Crippen LogP contribution is 2.26. The summed E-state index contributed by atoms with van der Waals surface area (Å²) in [4.78, 5) is 15.4. The molecule has 0 unspecified atom stereocenters. The van der Waals surface area contributed by atoms with E-state index in [-0.39, 0.29) is 17.5 Å². The lowest BCUT2D eigenvalue weighted by atomic mass is 9.90. The molecule has 1 aliphatic rings. The molecule has 1 fully saturated rings. The number of Topliss-reactive ketones (excluding diaryl/α,β-unsaturated/α-hetero) is 1. The summed E-state index contributed by atoms with van der Waals surface area (Å²) in [5, 5.41) is 0. The molecule has 0 radical (unpaired) electrons. The van der Waals surface area contributed by atoms with E-state index < -0.39 is 5.82 Å². The average Bonchev–Trinajstić information content (AvgIpc) is 3.13. The molecule has 2 aromatic carbocycles. The third-order valence-electron chi connectivity index (χ3n) is 4.59. The summed E-state index contributed by atoms with van der Waals surface area (Å²) in [6, 6.07) is 14.2. The molecule has 2 aromatic rings. The van der Waals surface area contributed by atoms with Crippen molar-refractivity contribution >= 4 is 5.78 Å². The zero-order valence-electron chi connectivity index (χ0n) is 13.9. The van der Waals surface area contributed by atoms with E-state index in [4.69, 9.17) is 4.74 Å². The number of ketones is 1. The first kappa shape index (κ1) is 16.7. The molecule has 0 N–H and O–H groups in total. The van der Waals surface area contributed by atoms with Crippen molar-refractivity contribution in [1.82, 2.24) is 4.90 Å². The zero-order valence-corrected chi connectivity index (χ0v) is 13.9. The van der Waals surface area contributed by atoms with E-state index in [2.05, 4.69) is 4.90 Å². The SMILES string of the molecule is COc1ccc(C(=O)[C@@H](CN2CCCC2)c2ccccc2)cc1F. The second-order valence-corrected chi connectivity index (χ2v) is 6.18. The molecule has 0 spiro atoms. The van der Waals surface area contributed by atoms with Crippen molar-refractivity contribution in [3.63, 3.8) is 0 Å². The molecule has 1 atom stereocenters. The number of ether oxygens (including phenoxy) is 1. The molecule has 126 valence electrons. The van der Waals surface area contributed by atoms with Gasteiger partial charge in [0.05, 0.1) is 13.0 Å². The molecule has 4 heteroatoms. The van der Waals surface area contributed by atoms with Gasteiger partial charge in [0, 0.05) is 12.1 Å². The smallest absolute Gasteiger partial charge is 0.171 e. The van der Waals surface area contributed by atoms with Crippen LogP contribution in [0.2, 0.25) is 0 Å². The van der Waals surface area contributed by atoms with Gasteiger partial charge in [-0.05, 0) is 49.7 Å². The highest BCUT2D eigenvalue weighted by Gasteiger charge is 2.26. The van der Waals surface area contributed by atoms with Gasteiger partial charge >= 0.3 is 0 Å². The Morgan fingerprint density at radius 1 is 1.17 bits per heavy atom. The average molecular weight is 327 g/mol. The molecular weight excluding hydrogens is 305 g/mol. The van der Waals surface area contributed by atoms with Crippen molar-refractivity contribution in [2.45, 2.75) is 18.8 Å². The predicted octanol–water partition coefficient (Wildman–Crippen LogP) is 3.90. The number of likely N-dealkylation sites (tertiary alicyclic amines) is 1. The fourth-order valence-corrected chi connectivity index (χ4v) is 3.27. The molecule has 0 amide bonds. The number of nitrogens with zero attached hydrogens (tertiary/aromatic N) is 1. The molecule has 3 rings (SSSR count). The van der Waals surface area contributed by atoms with E-state index in [0.29, 0.717) is 12.1 Å². The van der Waals surface area contributed by atoms with Gasteiger partial charge in [-0.2, -0.15) is 0 Å². The summed E-state index contributed by atoms with van der Waals surface area (Å²) in [7, 11) is 1.42. The summed E-state index contributed by atoms with van der Waals surface area (Å²) in [6.45, 7) is 2.72. The Labute approximate surface area is 142 Å². The van der Waals surface area contributed by atoms with E-state index in [1.54, 1.807) is 6.07 Å². The molecule has 0 bridgehead atoms. The minimum absolute atomic E-state index is 0.0466. The minimum atomic E-state index is -0.503. The van der Waals surface area contributed by atoms with Crippen LogP contribution in [0.3, 0.4) is 0 Å². The van der Waals surface area contributed by atoms with Gasteiger partial charge in [0.2, 0.25) is 0 Å². The maximum absolute atomic E-state index is 14.0. The molecule has 3 nitrogen and oxygen atoms in total. The second-order valence-electron chi connectivity index (χ2n) is 6.18. The zero-order chi connectivity index (χ0) is 16.9. The van der Waals surface area contributed by atoms with Crippen LogP contribution >= 0.6 is 0 Å². The Kier molecular flexibility index (Phi) is 5.26. The van der Waals surface area contributed by atoms with Gasteiger partial charge in [0.25, 0.3) is 0 Å². The second kappa shape index (κ2) is 7.58. The molecule has 0 aliphatic carbocycles. The molecule has 24 heavy (non-hydrogen) atoms. The van der Waals surface area contributed by atoms with Crippen LogP contribution in [0.15, 0.2) is 48.5 Å². The Morgan fingerprint density at radius 3 is 2.50 bits per heavy atom. The van der Waals surface area contributed by atoms with E-state index >= 15 is 0 Å². The number of hydrogen-bond donors (Lipinski definition) is 0. The molecule has 1 heterocycles. The first-order chi connectivity index (χ1) is 11.7. The normalized spacial score (nSPS) is 16.1. The Hall–Kier alpha value is -2.20. The Morgan fingerprint density at radius 2 is 1.88 bits per heavy atom. The van der Waals surface area contributed by atoms with E-state index in [1.165, 1.54) is 32.1 Å². The molecule has 1 aliphatic heterocycles. The third-order valence-corrected chi connectivity index (χ3v) is 4.59. The van der Waals surface area contributed by atoms with E-state index in [9.17, 15) is 9.18 Å². The predicted molar refractivity (Wildman–Crippen MR) is 92.1 cm³/mol. The summed E-state index contributed by atoms with van der Waals surface area (Å²) in [6.07, 6.45) is 2.35. The van der Waals surface area contributed by atoms with Crippen LogP contribution in [0, 0.1) is 5.82 Å². The van der Waals surface area contributed by atoms with Gasteiger partial charge in [0.15, 0.2) is 17.3 Å². The van der Waals surface area contributed by atoms with Crippen LogP contribution in [0.5, 0.6) is 5.75 Å². The summed E-state index contributed by atoms with van der Waals surface area (Å²) < 4.78 is 18.9. The van der Waals surface area contributed by atoms with Crippen molar-refractivity contribution in [3.8, 4) is 5.75 Å². The van der Waals surface area contributed by atoms with Crippen LogP contribution in [-0.2, 0) is 0 Å². The number of methoxy groups -OCH3 is 1. The van der Waals surface area contributed by atoms with Gasteiger partial charge in [-0.3, -0.25) is 4.79 Å². The van der Waals surface area contributed by atoms with Crippen LogP contribution < -0.4 is 4.74 Å². The van der Waals surface area contributed by atoms with Gasteiger partial charge in [0.1, 0.15) is 0 Å². The topological polar surface area (TPSA) is 29.5 Å². The number of halogens is 1. The lowest BCUT2D eigenvalue weighted by Crippen LogP contribution is -2.30. The highest BCUT2D eigenvalue weighted by molar-refractivity contribution is 6.01. The van der Waals surface area contributed by atoms with Gasteiger partial charge in [-0.15, -0.1) is 0 Å². The van der Waals surface area contributed by atoms with Crippen LogP contribution in [0.1, 0.15) is 34.7 Å². The maximum atomic E-state index is 14.0. The quantitative estimate of drug-likeness (QED) is 0.754. The fraction of sp³-hybridized carbons (Fsp3) is 0.350. The lowest BCUT2D eigenvalue weighted by Gasteiger charge is -2.23. The molecule has 0 aromatic heterocycles. The first-order valence-electron chi connectivity index (χ1n) is 8.34. The monoisotopic (exact) mass is 327 g/mol. The number of carbonyl (C=O) groups excluding carboxylic acids is 1. The summed E-state index contributed by atoms with van der Waals surface area (Å²) >= 11 is 0. The number of hydrogen-bond acceptors (Lipinski definition) is 3.